The fourth-order valence-electron chi connectivity index (χ4n) is 2.00. The van der Waals surface area contributed by atoms with Crippen molar-refractivity contribution in [3.63, 3.8) is 0 Å². The number of carbonyl (C=O) groups is 1. The molecule has 0 saturated carbocycles. The molecule has 1 N–H and O–H groups in total. The van der Waals surface area contributed by atoms with Gasteiger partial charge >= 0.3 is 6.18 Å². The normalized spacial score (nSPS) is 11.8. The number of fused-ring (bicyclic) bond motifs is 1. The Bertz CT molecular complexity index is 863. The lowest BCUT2D eigenvalue weighted by Crippen LogP contribution is -2.17. The minimum absolute atomic E-state index is 0.00990. The smallest absolute Gasteiger partial charge is 0.325 e. The highest BCUT2D eigenvalue weighted by molar-refractivity contribution is 7.16. The van der Waals surface area contributed by atoms with Crippen LogP contribution in [-0.4, -0.2) is 25.7 Å². The van der Waals surface area contributed by atoms with E-state index in [0.717, 1.165) is 12.1 Å². The van der Waals surface area contributed by atoms with Crippen LogP contribution in [0.15, 0.2) is 24.5 Å². The molecule has 11 heteroatoms. The molecule has 1 aromatic carbocycles. The molecule has 0 atom stereocenters. The average molecular weight is 376 g/mol. The summed E-state index contributed by atoms with van der Waals surface area (Å²) in [6.45, 7) is 0. The van der Waals surface area contributed by atoms with Crippen LogP contribution in [0, 0.1) is 0 Å². The number of aryl methyl sites for hydroxylation is 1. The van der Waals surface area contributed by atoms with Crippen LogP contribution in [0.2, 0.25) is 5.02 Å². The largest absolute Gasteiger partial charge is 0.418 e. The highest BCUT2D eigenvalue weighted by Crippen LogP contribution is 2.36. The van der Waals surface area contributed by atoms with Gasteiger partial charge in [-0.3, -0.25) is 4.79 Å². The SMILES string of the molecule is O=C(CCc1nn2cnnc2s1)Nc1ccc(Cl)cc1C(F)(F)F. The Morgan fingerprint density at radius 2 is 2.17 bits per heavy atom. The summed E-state index contributed by atoms with van der Waals surface area (Å²) in [7, 11) is 0. The van der Waals surface area contributed by atoms with Crippen LogP contribution >= 0.6 is 22.9 Å². The van der Waals surface area contributed by atoms with Gasteiger partial charge in [-0.25, -0.2) is 0 Å². The fourth-order valence-corrected chi connectivity index (χ4v) is 2.98. The number of rotatable bonds is 4. The predicted molar refractivity (Wildman–Crippen MR) is 82.1 cm³/mol. The first-order chi connectivity index (χ1) is 11.3. The van der Waals surface area contributed by atoms with Crippen LogP contribution in [0.3, 0.4) is 0 Å². The second-order valence-corrected chi connectivity index (χ2v) is 6.27. The maximum atomic E-state index is 13.0. The second-order valence-electron chi connectivity index (χ2n) is 4.79. The number of hydrogen-bond donors (Lipinski definition) is 1. The van der Waals surface area contributed by atoms with Crippen LogP contribution in [0.25, 0.3) is 4.96 Å². The lowest BCUT2D eigenvalue weighted by Gasteiger charge is -2.14. The summed E-state index contributed by atoms with van der Waals surface area (Å²) in [5, 5.41) is 14.5. The Morgan fingerprint density at radius 3 is 2.88 bits per heavy atom. The molecule has 0 fully saturated rings. The molecule has 2 heterocycles. The molecule has 3 rings (SSSR count). The third-order valence-electron chi connectivity index (χ3n) is 3.06. The number of carbonyl (C=O) groups excluding carboxylic acids is 1. The van der Waals surface area contributed by atoms with Crippen molar-refractivity contribution < 1.29 is 18.0 Å². The Balaban J connectivity index is 1.67. The minimum atomic E-state index is -4.61. The van der Waals surface area contributed by atoms with E-state index in [2.05, 4.69) is 20.6 Å². The third-order valence-corrected chi connectivity index (χ3v) is 4.26. The van der Waals surface area contributed by atoms with Crippen LogP contribution in [0.1, 0.15) is 17.0 Å². The van der Waals surface area contributed by atoms with Gasteiger partial charge in [-0.15, -0.1) is 10.2 Å². The summed E-state index contributed by atoms with van der Waals surface area (Å²) in [6, 6.07) is 3.20. The van der Waals surface area contributed by atoms with E-state index >= 15 is 0 Å². The van der Waals surface area contributed by atoms with Crippen molar-refractivity contribution in [3.05, 3.63) is 40.1 Å². The molecule has 126 valence electrons. The first-order valence-electron chi connectivity index (χ1n) is 6.65. The van der Waals surface area contributed by atoms with E-state index in [1.165, 1.54) is 28.2 Å². The van der Waals surface area contributed by atoms with Gasteiger partial charge in [-0.1, -0.05) is 22.9 Å². The number of hydrogen-bond acceptors (Lipinski definition) is 5. The van der Waals surface area contributed by atoms with E-state index in [4.69, 9.17) is 11.6 Å². The predicted octanol–water partition coefficient (Wildman–Crippen LogP) is 3.43. The molecule has 0 saturated heterocycles. The number of halogens is 4. The molecule has 0 bridgehead atoms. The molecule has 0 spiro atoms. The first kappa shape index (κ1) is 16.7. The molecule has 0 unspecified atom stereocenters. The van der Waals surface area contributed by atoms with E-state index in [0.29, 0.717) is 9.97 Å². The lowest BCUT2D eigenvalue weighted by molar-refractivity contribution is -0.137. The molecule has 0 radical (unpaired) electrons. The Labute approximate surface area is 142 Å². The van der Waals surface area contributed by atoms with E-state index < -0.39 is 17.6 Å². The van der Waals surface area contributed by atoms with Gasteiger partial charge in [0.05, 0.1) is 11.3 Å². The molecule has 0 aliphatic rings. The summed E-state index contributed by atoms with van der Waals surface area (Å²) in [5.41, 5.74) is -1.31. The zero-order valence-electron chi connectivity index (χ0n) is 11.8. The molecule has 0 aliphatic carbocycles. The number of alkyl halides is 3. The van der Waals surface area contributed by atoms with Gasteiger partial charge in [0.25, 0.3) is 0 Å². The molecule has 24 heavy (non-hydrogen) atoms. The monoisotopic (exact) mass is 375 g/mol. The topological polar surface area (TPSA) is 72.2 Å². The van der Waals surface area contributed by atoms with Crippen molar-refractivity contribution >= 4 is 39.5 Å². The van der Waals surface area contributed by atoms with Gasteiger partial charge in [-0.05, 0) is 18.2 Å². The number of benzene rings is 1. The molecule has 3 aromatic rings. The Hall–Kier alpha value is -2.20. The fraction of sp³-hybridized carbons (Fsp3) is 0.231. The van der Waals surface area contributed by atoms with Crippen molar-refractivity contribution in [1.82, 2.24) is 19.8 Å². The molecule has 0 aliphatic heterocycles. The van der Waals surface area contributed by atoms with Gasteiger partial charge in [0.1, 0.15) is 11.3 Å². The summed E-state index contributed by atoms with van der Waals surface area (Å²) in [4.78, 5) is 12.5. The van der Waals surface area contributed by atoms with Gasteiger partial charge in [-0.2, -0.15) is 22.8 Å². The highest BCUT2D eigenvalue weighted by atomic mass is 35.5. The average Bonchev–Trinajstić information content (AvgIpc) is 3.07. The molecule has 6 nitrogen and oxygen atoms in total. The van der Waals surface area contributed by atoms with Crippen molar-refractivity contribution in [3.8, 4) is 0 Å². The van der Waals surface area contributed by atoms with E-state index in [9.17, 15) is 18.0 Å². The van der Waals surface area contributed by atoms with Crippen molar-refractivity contribution in [2.75, 3.05) is 5.32 Å². The lowest BCUT2D eigenvalue weighted by atomic mass is 10.1. The van der Waals surface area contributed by atoms with Gasteiger partial charge in [0, 0.05) is 17.9 Å². The van der Waals surface area contributed by atoms with Gasteiger partial charge in [0.15, 0.2) is 0 Å². The summed E-state index contributed by atoms with van der Waals surface area (Å²) in [6.07, 6.45) is -2.90. The number of nitrogens with one attached hydrogen (secondary N) is 1. The quantitative estimate of drug-likeness (QED) is 0.758. The van der Waals surface area contributed by atoms with Crippen molar-refractivity contribution in [2.45, 2.75) is 19.0 Å². The van der Waals surface area contributed by atoms with E-state index in [1.54, 1.807) is 0 Å². The van der Waals surface area contributed by atoms with E-state index in [-0.39, 0.29) is 23.6 Å². The minimum Gasteiger partial charge on any atom is -0.325 e. The maximum absolute atomic E-state index is 13.0. The number of nitrogens with zero attached hydrogens (tertiary/aromatic N) is 4. The Kier molecular flexibility index (Phi) is 4.41. The summed E-state index contributed by atoms with van der Waals surface area (Å²) >= 11 is 6.86. The van der Waals surface area contributed by atoms with E-state index in [1.807, 2.05) is 0 Å². The molecular weight excluding hydrogens is 367 g/mol. The second kappa shape index (κ2) is 6.36. The number of aromatic nitrogens is 4. The molecule has 1 amide bonds. The molecule has 2 aromatic heterocycles. The van der Waals surface area contributed by atoms with Crippen LogP contribution in [0.4, 0.5) is 18.9 Å². The van der Waals surface area contributed by atoms with Crippen molar-refractivity contribution in [1.29, 1.82) is 0 Å². The van der Waals surface area contributed by atoms with Gasteiger partial charge in [0.2, 0.25) is 10.9 Å². The van der Waals surface area contributed by atoms with Crippen molar-refractivity contribution in [2.24, 2.45) is 0 Å². The summed E-state index contributed by atoms with van der Waals surface area (Å²) in [5.74, 6) is -0.547. The van der Waals surface area contributed by atoms with Crippen LogP contribution in [0.5, 0.6) is 0 Å². The highest BCUT2D eigenvalue weighted by Gasteiger charge is 2.34. The maximum Gasteiger partial charge on any atom is 0.418 e. The zero-order valence-corrected chi connectivity index (χ0v) is 13.4. The van der Waals surface area contributed by atoms with Crippen LogP contribution < -0.4 is 5.32 Å². The number of anilines is 1. The van der Waals surface area contributed by atoms with Crippen LogP contribution in [-0.2, 0) is 17.4 Å². The van der Waals surface area contributed by atoms with Gasteiger partial charge < -0.3 is 5.32 Å². The molecular formula is C13H9ClF3N5OS. The summed E-state index contributed by atoms with van der Waals surface area (Å²) < 4.78 is 40.4. The number of amides is 1. The Morgan fingerprint density at radius 1 is 1.38 bits per heavy atom. The zero-order chi connectivity index (χ0) is 17.3. The standard InChI is InChI=1S/C13H9ClF3N5OS/c14-7-1-2-9(8(5-7)13(15,16)17)19-10(23)3-4-11-21-22-6-18-20-12(22)24-11/h1-2,5-6H,3-4H2,(H,19,23). The first-order valence-corrected chi connectivity index (χ1v) is 7.85. The third kappa shape index (κ3) is 3.65.